The SMILES string of the molecule is CCOC(=O)c1oc2cc(C[C@H](C)CCC(=O)c3ccccc3O)ccc2c1C. The molecule has 0 unspecified atom stereocenters. The van der Waals surface area contributed by atoms with Crippen LogP contribution in [0.3, 0.4) is 0 Å². The standard InChI is InChI=1S/C24H26O5/c1-4-28-24(27)23-16(3)18-11-10-17(14-22(18)29-23)13-15(2)9-12-21(26)19-7-5-6-8-20(19)25/h5-8,10-11,14-15,25H,4,9,12-13H2,1-3H3/t15-/m1/s1. The van der Waals surface area contributed by atoms with Crippen LogP contribution in [0.5, 0.6) is 5.75 Å². The summed E-state index contributed by atoms with van der Waals surface area (Å²) >= 11 is 0. The number of ether oxygens (including phenoxy) is 1. The minimum atomic E-state index is -0.446. The number of hydrogen-bond acceptors (Lipinski definition) is 5. The fourth-order valence-electron chi connectivity index (χ4n) is 3.51. The molecule has 0 bridgehead atoms. The Hall–Kier alpha value is -3.08. The Morgan fingerprint density at radius 2 is 1.93 bits per heavy atom. The Labute approximate surface area is 170 Å². The number of Topliss-reactive ketones (excluding diaryl/α,β-unsaturated/α-hetero) is 1. The number of benzene rings is 2. The van der Waals surface area contributed by atoms with Crippen molar-refractivity contribution in [3.8, 4) is 5.75 Å². The van der Waals surface area contributed by atoms with E-state index in [0.29, 0.717) is 24.2 Å². The first-order valence-corrected chi connectivity index (χ1v) is 9.91. The van der Waals surface area contributed by atoms with Crippen LogP contribution in [0.2, 0.25) is 0 Å². The van der Waals surface area contributed by atoms with E-state index in [2.05, 4.69) is 6.92 Å². The lowest BCUT2D eigenvalue weighted by Gasteiger charge is -2.11. The Bertz CT molecular complexity index is 1030. The highest BCUT2D eigenvalue weighted by Crippen LogP contribution is 2.28. The number of aryl methyl sites for hydroxylation is 1. The molecule has 0 saturated heterocycles. The van der Waals surface area contributed by atoms with Crippen LogP contribution < -0.4 is 0 Å². The van der Waals surface area contributed by atoms with Gasteiger partial charge < -0.3 is 14.3 Å². The zero-order chi connectivity index (χ0) is 21.0. The molecule has 0 amide bonds. The molecule has 0 spiro atoms. The molecule has 0 saturated carbocycles. The molecule has 0 aliphatic rings. The van der Waals surface area contributed by atoms with Crippen LogP contribution >= 0.6 is 0 Å². The molecular weight excluding hydrogens is 368 g/mol. The van der Waals surface area contributed by atoms with Crippen molar-refractivity contribution in [3.63, 3.8) is 0 Å². The van der Waals surface area contributed by atoms with Gasteiger partial charge in [-0.1, -0.05) is 31.2 Å². The molecule has 1 heterocycles. The molecule has 5 heteroatoms. The maximum Gasteiger partial charge on any atom is 0.374 e. The zero-order valence-electron chi connectivity index (χ0n) is 17.0. The summed E-state index contributed by atoms with van der Waals surface area (Å²) < 4.78 is 10.8. The molecule has 5 nitrogen and oxygen atoms in total. The number of phenols is 1. The van der Waals surface area contributed by atoms with Gasteiger partial charge in [-0.15, -0.1) is 0 Å². The summed E-state index contributed by atoms with van der Waals surface area (Å²) in [5.41, 5.74) is 2.91. The summed E-state index contributed by atoms with van der Waals surface area (Å²) in [4.78, 5) is 24.4. The van der Waals surface area contributed by atoms with E-state index in [0.717, 1.165) is 29.4 Å². The second-order valence-corrected chi connectivity index (χ2v) is 7.40. The molecule has 1 N–H and O–H groups in total. The molecule has 152 valence electrons. The number of aromatic hydroxyl groups is 1. The maximum absolute atomic E-state index is 12.3. The van der Waals surface area contributed by atoms with Gasteiger partial charge in [0.05, 0.1) is 12.2 Å². The van der Waals surface area contributed by atoms with E-state index in [-0.39, 0.29) is 23.2 Å². The Morgan fingerprint density at radius 3 is 2.66 bits per heavy atom. The molecule has 0 aliphatic heterocycles. The first-order valence-electron chi connectivity index (χ1n) is 9.91. The summed E-state index contributed by atoms with van der Waals surface area (Å²) in [6.45, 7) is 6.02. The van der Waals surface area contributed by atoms with E-state index in [4.69, 9.17) is 9.15 Å². The normalized spacial score (nSPS) is 12.1. The quantitative estimate of drug-likeness (QED) is 0.405. The van der Waals surface area contributed by atoms with E-state index in [1.807, 2.05) is 25.1 Å². The van der Waals surface area contributed by atoms with Gasteiger partial charge in [0.15, 0.2) is 5.78 Å². The first kappa shape index (κ1) is 20.6. The third-order valence-corrected chi connectivity index (χ3v) is 5.12. The third kappa shape index (κ3) is 4.67. The second kappa shape index (κ2) is 8.95. The summed E-state index contributed by atoms with van der Waals surface area (Å²) in [7, 11) is 0. The van der Waals surface area contributed by atoms with E-state index < -0.39 is 5.97 Å². The molecule has 1 atom stereocenters. The van der Waals surface area contributed by atoms with Gasteiger partial charge in [-0.25, -0.2) is 4.79 Å². The molecule has 0 fully saturated rings. The molecular formula is C24H26O5. The number of para-hydroxylation sites is 1. The monoisotopic (exact) mass is 394 g/mol. The van der Waals surface area contributed by atoms with E-state index in [9.17, 15) is 14.7 Å². The number of fused-ring (bicyclic) bond motifs is 1. The predicted octanol–water partition coefficient (Wildman–Crippen LogP) is 5.47. The largest absolute Gasteiger partial charge is 0.507 e. The van der Waals surface area contributed by atoms with E-state index >= 15 is 0 Å². The van der Waals surface area contributed by atoms with Gasteiger partial charge in [-0.05, 0) is 56.4 Å². The fraction of sp³-hybridized carbons (Fsp3) is 0.333. The van der Waals surface area contributed by atoms with Crippen molar-refractivity contribution < 1.29 is 23.8 Å². The van der Waals surface area contributed by atoms with Gasteiger partial charge in [0, 0.05) is 17.4 Å². The first-order chi connectivity index (χ1) is 13.9. The van der Waals surface area contributed by atoms with Crippen LogP contribution in [0.15, 0.2) is 46.9 Å². The van der Waals surface area contributed by atoms with Crippen molar-refractivity contribution in [2.45, 2.75) is 40.0 Å². The van der Waals surface area contributed by atoms with Crippen LogP contribution in [0.25, 0.3) is 11.0 Å². The second-order valence-electron chi connectivity index (χ2n) is 7.40. The smallest absolute Gasteiger partial charge is 0.374 e. The van der Waals surface area contributed by atoms with Crippen molar-refractivity contribution in [2.24, 2.45) is 5.92 Å². The molecule has 0 radical (unpaired) electrons. The number of phenolic OH excluding ortho intramolecular Hbond substituents is 1. The minimum Gasteiger partial charge on any atom is -0.507 e. The number of esters is 1. The average molecular weight is 394 g/mol. The molecule has 3 rings (SSSR count). The van der Waals surface area contributed by atoms with Crippen LogP contribution in [0, 0.1) is 12.8 Å². The van der Waals surface area contributed by atoms with Crippen LogP contribution in [-0.4, -0.2) is 23.5 Å². The van der Waals surface area contributed by atoms with Gasteiger partial charge in [0.25, 0.3) is 0 Å². The number of furan rings is 1. The summed E-state index contributed by atoms with van der Waals surface area (Å²) in [5, 5.41) is 10.7. The van der Waals surface area contributed by atoms with Gasteiger partial charge in [-0.3, -0.25) is 4.79 Å². The zero-order valence-corrected chi connectivity index (χ0v) is 17.0. The lowest BCUT2D eigenvalue weighted by molar-refractivity contribution is 0.0491. The van der Waals surface area contributed by atoms with Crippen molar-refractivity contribution in [1.29, 1.82) is 0 Å². The highest BCUT2D eigenvalue weighted by Gasteiger charge is 2.19. The number of hydrogen-bond donors (Lipinski definition) is 1. The lowest BCUT2D eigenvalue weighted by Crippen LogP contribution is -2.05. The summed E-state index contributed by atoms with van der Waals surface area (Å²) in [5.74, 6) is 0.0642. The van der Waals surface area contributed by atoms with E-state index in [1.165, 1.54) is 6.07 Å². The van der Waals surface area contributed by atoms with E-state index in [1.54, 1.807) is 25.1 Å². The van der Waals surface area contributed by atoms with Crippen molar-refractivity contribution in [1.82, 2.24) is 0 Å². The number of carbonyl (C=O) groups is 2. The topological polar surface area (TPSA) is 76.7 Å². The molecule has 0 aliphatic carbocycles. The third-order valence-electron chi connectivity index (χ3n) is 5.12. The van der Waals surface area contributed by atoms with Gasteiger partial charge in [-0.2, -0.15) is 0 Å². The Balaban J connectivity index is 1.66. The van der Waals surface area contributed by atoms with Crippen molar-refractivity contribution in [3.05, 3.63) is 64.9 Å². The van der Waals surface area contributed by atoms with Crippen LogP contribution in [0.4, 0.5) is 0 Å². The number of rotatable bonds is 8. The van der Waals surface area contributed by atoms with Gasteiger partial charge >= 0.3 is 5.97 Å². The van der Waals surface area contributed by atoms with Gasteiger partial charge in [0.1, 0.15) is 11.3 Å². The molecule has 1 aromatic heterocycles. The average Bonchev–Trinajstić information content (AvgIpc) is 3.03. The Kier molecular flexibility index (Phi) is 6.37. The van der Waals surface area contributed by atoms with Crippen molar-refractivity contribution >= 4 is 22.7 Å². The van der Waals surface area contributed by atoms with Crippen LogP contribution in [-0.2, 0) is 11.2 Å². The van der Waals surface area contributed by atoms with Crippen LogP contribution in [0.1, 0.15) is 58.7 Å². The number of carbonyl (C=O) groups excluding carboxylic acids is 2. The number of ketones is 1. The molecule has 3 aromatic rings. The highest BCUT2D eigenvalue weighted by molar-refractivity contribution is 5.98. The molecule has 29 heavy (non-hydrogen) atoms. The molecule has 2 aromatic carbocycles. The highest BCUT2D eigenvalue weighted by atomic mass is 16.5. The van der Waals surface area contributed by atoms with Gasteiger partial charge in [0.2, 0.25) is 5.76 Å². The summed E-state index contributed by atoms with van der Waals surface area (Å²) in [6.07, 6.45) is 1.89. The fourth-order valence-corrected chi connectivity index (χ4v) is 3.51. The lowest BCUT2D eigenvalue weighted by atomic mass is 9.93. The summed E-state index contributed by atoms with van der Waals surface area (Å²) in [6, 6.07) is 12.6. The predicted molar refractivity (Wildman–Crippen MR) is 111 cm³/mol. The minimum absolute atomic E-state index is 0.0289. The maximum atomic E-state index is 12.3. The van der Waals surface area contributed by atoms with Crippen molar-refractivity contribution in [2.75, 3.05) is 6.61 Å². The Morgan fingerprint density at radius 1 is 1.17 bits per heavy atom.